The minimum absolute atomic E-state index is 0.0724. The van der Waals surface area contributed by atoms with Gasteiger partial charge in [-0.05, 0) is 39.2 Å². The van der Waals surface area contributed by atoms with Gasteiger partial charge in [0.15, 0.2) is 0 Å². The van der Waals surface area contributed by atoms with Crippen LogP contribution in [-0.2, 0) is 11.3 Å². The van der Waals surface area contributed by atoms with Crippen LogP contribution in [0.2, 0.25) is 0 Å². The van der Waals surface area contributed by atoms with Gasteiger partial charge in [0.25, 0.3) is 0 Å². The zero-order chi connectivity index (χ0) is 14.5. The Labute approximate surface area is 120 Å². The first-order chi connectivity index (χ1) is 9.56. The van der Waals surface area contributed by atoms with E-state index in [4.69, 9.17) is 10.5 Å². The van der Waals surface area contributed by atoms with Gasteiger partial charge in [-0.2, -0.15) is 0 Å². The lowest BCUT2D eigenvalue weighted by atomic mass is 10.1. The maximum absolute atomic E-state index is 12.1. The first-order valence-electron chi connectivity index (χ1n) is 7.34. The number of hydrogen-bond acceptors (Lipinski definition) is 3. The molecule has 2 unspecified atom stereocenters. The van der Waals surface area contributed by atoms with Crippen LogP contribution < -0.4 is 15.8 Å². The van der Waals surface area contributed by atoms with E-state index in [0.29, 0.717) is 6.54 Å². The smallest absolute Gasteiger partial charge is 0.223 e. The van der Waals surface area contributed by atoms with Crippen LogP contribution in [0.1, 0.15) is 38.7 Å². The highest BCUT2D eigenvalue weighted by Crippen LogP contribution is 2.25. The summed E-state index contributed by atoms with van der Waals surface area (Å²) >= 11 is 0. The van der Waals surface area contributed by atoms with Crippen molar-refractivity contribution >= 4 is 5.91 Å². The molecule has 1 aromatic rings. The Bertz CT molecular complexity index is 460. The molecule has 1 aromatic carbocycles. The molecule has 2 atom stereocenters. The quantitative estimate of drug-likeness (QED) is 0.866. The molecule has 20 heavy (non-hydrogen) atoms. The molecule has 110 valence electrons. The van der Waals surface area contributed by atoms with Gasteiger partial charge in [0.05, 0.1) is 6.10 Å². The van der Waals surface area contributed by atoms with E-state index >= 15 is 0 Å². The summed E-state index contributed by atoms with van der Waals surface area (Å²) in [5.74, 6) is 1.02. The third kappa shape index (κ3) is 3.97. The number of hydrogen-bond donors (Lipinski definition) is 2. The number of ether oxygens (including phenoxy) is 1. The van der Waals surface area contributed by atoms with Gasteiger partial charge in [-0.25, -0.2) is 0 Å². The van der Waals surface area contributed by atoms with Crippen LogP contribution in [0.15, 0.2) is 24.3 Å². The standard InChI is InChI=1S/C16H24N2O2/c1-11(2)20-15-6-4-3-5-13(15)10-18-16(19)12-7-8-14(17)9-12/h3-6,11-12,14H,7-10,17H2,1-2H3,(H,18,19). The number of carbonyl (C=O) groups excluding carboxylic acids is 1. The fourth-order valence-electron chi connectivity index (χ4n) is 2.60. The van der Waals surface area contributed by atoms with Crippen LogP contribution in [0.5, 0.6) is 5.75 Å². The van der Waals surface area contributed by atoms with Crippen molar-refractivity contribution in [3.05, 3.63) is 29.8 Å². The monoisotopic (exact) mass is 276 g/mol. The van der Waals surface area contributed by atoms with E-state index in [0.717, 1.165) is 30.6 Å². The Kier molecular flexibility index (Phi) is 5.01. The van der Waals surface area contributed by atoms with Gasteiger partial charge in [0, 0.05) is 24.1 Å². The van der Waals surface area contributed by atoms with Crippen LogP contribution in [0.3, 0.4) is 0 Å². The van der Waals surface area contributed by atoms with Crippen LogP contribution >= 0.6 is 0 Å². The number of benzene rings is 1. The molecule has 0 heterocycles. The Morgan fingerprint density at radius 2 is 2.15 bits per heavy atom. The SMILES string of the molecule is CC(C)Oc1ccccc1CNC(=O)C1CCC(N)C1. The first-order valence-corrected chi connectivity index (χ1v) is 7.34. The number of carbonyl (C=O) groups is 1. The summed E-state index contributed by atoms with van der Waals surface area (Å²) in [5, 5.41) is 3.00. The van der Waals surface area contributed by atoms with Crippen molar-refractivity contribution in [2.24, 2.45) is 11.7 Å². The molecule has 4 heteroatoms. The van der Waals surface area contributed by atoms with Crippen molar-refractivity contribution in [2.75, 3.05) is 0 Å². The van der Waals surface area contributed by atoms with E-state index in [1.165, 1.54) is 0 Å². The number of nitrogens with two attached hydrogens (primary N) is 1. The highest BCUT2D eigenvalue weighted by molar-refractivity contribution is 5.79. The summed E-state index contributed by atoms with van der Waals surface area (Å²) in [6.45, 7) is 4.50. The predicted octanol–water partition coefficient (Wildman–Crippen LogP) is 2.22. The molecule has 4 nitrogen and oxygen atoms in total. The molecule has 0 radical (unpaired) electrons. The van der Waals surface area contributed by atoms with Crippen LogP contribution in [0.4, 0.5) is 0 Å². The van der Waals surface area contributed by atoms with E-state index in [9.17, 15) is 4.79 Å². The molecular formula is C16H24N2O2. The Morgan fingerprint density at radius 1 is 1.40 bits per heavy atom. The highest BCUT2D eigenvalue weighted by atomic mass is 16.5. The Hall–Kier alpha value is -1.55. The maximum atomic E-state index is 12.1. The number of nitrogens with one attached hydrogen (secondary N) is 1. The molecule has 2 rings (SSSR count). The normalized spacial score (nSPS) is 22.0. The predicted molar refractivity (Wildman–Crippen MR) is 79.4 cm³/mol. The molecule has 0 bridgehead atoms. The minimum Gasteiger partial charge on any atom is -0.491 e. The summed E-state index contributed by atoms with van der Waals surface area (Å²) in [7, 11) is 0. The second-order valence-corrected chi connectivity index (χ2v) is 5.76. The fourth-order valence-corrected chi connectivity index (χ4v) is 2.60. The second-order valence-electron chi connectivity index (χ2n) is 5.76. The zero-order valence-corrected chi connectivity index (χ0v) is 12.3. The highest BCUT2D eigenvalue weighted by Gasteiger charge is 2.27. The summed E-state index contributed by atoms with van der Waals surface area (Å²) in [5.41, 5.74) is 6.86. The van der Waals surface area contributed by atoms with Crippen molar-refractivity contribution in [1.29, 1.82) is 0 Å². The summed E-state index contributed by atoms with van der Waals surface area (Å²) in [4.78, 5) is 12.1. The maximum Gasteiger partial charge on any atom is 0.223 e. The van der Waals surface area contributed by atoms with Crippen LogP contribution in [0, 0.1) is 5.92 Å². The molecule has 0 spiro atoms. The second kappa shape index (κ2) is 6.75. The van der Waals surface area contributed by atoms with Gasteiger partial charge in [-0.15, -0.1) is 0 Å². The fraction of sp³-hybridized carbons (Fsp3) is 0.562. The van der Waals surface area contributed by atoms with Gasteiger partial charge in [0.2, 0.25) is 5.91 Å². The molecule has 0 saturated heterocycles. The lowest BCUT2D eigenvalue weighted by molar-refractivity contribution is -0.125. The van der Waals surface area contributed by atoms with Crippen molar-refractivity contribution in [3.8, 4) is 5.75 Å². The number of rotatable bonds is 5. The van der Waals surface area contributed by atoms with E-state index < -0.39 is 0 Å². The van der Waals surface area contributed by atoms with Gasteiger partial charge in [-0.1, -0.05) is 18.2 Å². The molecule has 3 N–H and O–H groups in total. The van der Waals surface area contributed by atoms with E-state index in [1.807, 2.05) is 38.1 Å². The third-order valence-electron chi connectivity index (χ3n) is 3.63. The minimum atomic E-state index is 0.0724. The summed E-state index contributed by atoms with van der Waals surface area (Å²) in [6.07, 6.45) is 2.78. The van der Waals surface area contributed by atoms with E-state index in [-0.39, 0.29) is 24.0 Å². The molecule has 1 aliphatic rings. The van der Waals surface area contributed by atoms with E-state index in [1.54, 1.807) is 0 Å². The molecule has 1 saturated carbocycles. The Balaban J connectivity index is 1.92. The summed E-state index contributed by atoms with van der Waals surface area (Å²) in [6, 6.07) is 8.01. The van der Waals surface area contributed by atoms with E-state index in [2.05, 4.69) is 5.32 Å². The van der Waals surface area contributed by atoms with Gasteiger partial charge in [-0.3, -0.25) is 4.79 Å². The van der Waals surface area contributed by atoms with Crippen molar-refractivity contribution in [2.45, 2.75) is 51.8 Å². The molecule has 1 aliphatic carbocycles. The lowest BCUT2D eigenvalue weighted by Crippen LogP contribution is -2.30. The van der Waals surface area contributed by atoms with Crippen molar-refractivity contribution in [1.82, 2.24) is 5.32 Å². The van der Waals surface area contributed by atoms with Gasteiger partial charge < -0.3 is 15.8 Å². The number of amides is 1. The van der Waals surface area contributed by atoms with Crippen LogP contribution in [0.25, 0.3) is 0 Å². The van der Waals surface area contributed by atoms with Crippen molar-refractivity contribution in [3.63, 3.8) is 0 Å². The number of para-hydroxylation sites is 1. The van der Waals surface area contributed by atoms with Crippen molar-refractivity contribution < 1.29 is 9.53 Å². The zero-order valence-electron chi connectivity index (χ0n) is 12.3. The summed E-state index contributed by atoms with van der Waals surface area (Å²) < 4.78 is 5.75. The molecule has 0 aliphatic heterocycles. The molecule has 0 aromatic heterocycles. The Morgan fingerprint density at radius 3 is 2.80 bits per heavy atom. The largest absolute Gasteiger partial charge is 0.491 e. The first kappa shape index (κ1) is 14.9. The molecule has 1 amide bonds. The van der Waals surface area contributed by atoms with Gasteiger partial charge >= 0.3 is 0 Å². The average Bonchev–Trinajstić information content (AvgIpc) is 2.83. The topological polar surface area (TPSA) is 64.3 Å². The lowest BCUT2D eigenvalue weighted by Gasteiger charge is -2.16. The third-order valence-corrected chi connectivity index (χ3v) is 3.63. The van der Waals surface area contributed by atoms with Crippen LogP contribution in [-0.4, -0.2) is 18.1 Å². The molecule has 1 fully saturated rings. The van der Waals surface area contributed by atoms with Gasteiger partial charge in [0.1, 0.15) is 5.75 Å². The molecular weight excluding hydrogens is 252 g/mol. The average molecular weight is 276 g/mol.